The van der Waals surface area contributed by atoms with Crippen LogP contribution < -0.4 is 0 Å². The fourth-order valence-electron chi connectivity index (χ4n) is 2.62. The molecule has 7 nitrogen and oxygen atoms in total. The Morgan fingerprint density at radius 1 is 1.19 bits per heavy atom. The Kier molecular flexibility index (Phi) is 4.99. The van der Waals surface area contributed by atoms with Crippen LogP contribution >= 0.6 is 0 Å². The first kappa shape index (κ1) is 17.6. The van der Waals surface area contributed by atoms with Gasteiger partial charge in [-0.2, -0.15) is 0 Å². The van der Waals surface area contributed by atoms with E-state index in [4.69, 9.17) is 4.74 Å². The smallest absolute Gasteiger partial charge is 0.294 e. The maximum absolute atomic E-state index is 12.5. The molecule has 0 unspecified atom stereocenters. The second kappa shape index (κ2) is 7.37. The molecule has 0 radical (unpaired) electrons. The Bertz CT molecular complexity index is 948. The zero-order valence-corrected chi connectivity index (χ0v) is 14.5. The summed E-state index contributed by atoms with van der Waals surface area (Å²) in [6.07, 6.45) is 2.93. The summed E-state index contributed by atoms with van der Waals surface area (Å²) in [6, 6.07) is 11.1. The number of hydrogen-bond donors (Lipinski definition) is 1. The summed E-state index contributed by atoms with van der Waals surface area (Å²) in [5, 5.41) is 10.4. The Labute approximate surface area is 150 Å². The molecular formula is C19H19N3O4. The summed E-state index contributed by atoms with van der Waals surface area (Å²) in [5.74, 6) is -1.48. The molecule has 1 aromatic carbocycles. The number of aromatic hydroxyl groups is 1. The maximum atomic E-state index is 12.5. The van der Waals surface area contributed by atoms with Crippen molar-refractivity contribution < 1.29 is 19.4 Å². The molecule has 2 heterocycles. The van der Waals surface area contributed by atoms with Gasteiger partial charge < -0.3 is 19.3 Å². The number of Topliss-reactive ketones (excluding diaryl/α,β-unsaturated/α-hetero) is 1. The monoisotopic (exact) mass is 353 g/mol. The van der Waals surface area contributed by atoms with Gasteiger partial charge in [-0.25, -0.2) is 4.98 Å². The average Bonchev–Trinajstić information content (AvgIpc) is 3.01. The fraction of sp³-hybridized carbons (Fsp3) is 0.211. The van der Waals surface area contributed by atoms with Gasteiger partial charge in [-0.1, -0.05) is 30.3 Å². The molecule has 0 saturated carbocycles. The summed E-state index contributed by atoms with van der Waals surface area (Å²) >= 11 is 0. The summed E-state index contributed by atoms with van der Waals surface area (Å²) in [7, 11) is 3.00. The van der Waals surface area contributed by atoms with E-state index >= 15 is 0 Å². The molecule has 0 bridgehead atoms. The second-order valence-electron chi connectivity index (χ2n) is 6.03. The standard InChI is InChI=1S/C19H19N3O4/c1-21(2)19(25)17(24)14-10-22(18-16(14)15(23)8-9-20-18)12-26-11-13-6-4-3-5-7-13/h3-10H,11-12H2,1-2H3,(H,20,23). The number of hydrogen-bond acceptors (Lipinski definition) is 5. The SMILES string of the molecule is CN(C)C(=O)C(=O)c1cn(COCc2ccccc2)c2nccc(O)c12. The lowest BCUT2D eigenvalue weighted by molar-refractivity contribution is -0.124. The van der Waals surface area contributed by atoms with Gasteiger partial charge in [-0.05, 0) is 11.6 Å². The normalized spacial score (nSPS) is 10.8. The molecule has 0 aliphatic rings. The number of amides is 1. The number of benzene rings is 1. The summed E-state index contributed by atoms with van der Waals surface area (Å²) < 4.78 is 7.29. The van der Waals surface area contributed by atoms with Crippen LogP contribution in [0.3, 0.4) is 0 Å². The van der Waals surface area contributed by atoms with Crippen LogP contribution in [0.4, 0.5) is 0 Å². The van der Waals surface area contributed by atoms with Crippen LogP contribution in [0.5, 0.6) is 5.75 Å². The number of likely N-dealkylation sites (N-methyl/N-ethyl adjacent to an activating group) is 1. The molecule has 3 aromatic rings. The number of carbonyl (C=O) groups is 2. The van der Waals surface area contributed by atoms with Crippen molar-refractivity contribution in [2.75, 3.05) is 14.1 Å². The fourth-order valence-corrected chi connectivity index (χ4v) is 2.62. The van der Waals surface area contributed by atoms with Crippen molar-refractivity contribution in [3.8, 4) is 5.75 Å². The van der Waals surface area contributed by atoms with Gasteiger partial charge in [0.25, 0.3) is 11.7 Å². The minimum absolute atomic E-state index is 0.104. The van der Waals surface area contributed by atoms with E-state index in [2.05, 4.69) is 4.98 Å². The van der Waals surface area contributed by atoms with E-state index in [-0.39, 0.29) is 23.4 Å². The predicted octanol–water partition coefficient (Wildman–Crippen LogP) is 2.19. The molecule has 1 N–H and O–H groups in total. The first-order valence-electron chi connectivity index (χ1n) is 8.03. The molecule has 0 aliphatic carbocycles. The van der Waals surface area contributed by atoms with E-state index in [1.54, 1.807) is 4.57 Å². The van der Waals surface area contributed by atoms with Gasteiger partial charge in [0.1, 0.15) is 18.1 Å². The number of aromatic nitrogens is 2. The number of rotatable bonds is 6. The Morgan fingerprint density at radius 3 is 2.62 bits per heavy atom. The van der Waals surface area contributed by atoms with Gasteiger partial charge in [-0.3, -0.25) is 9.59 Å². The molecule has 0 aliphatic heterocycles. The van der Waals surface area contributed by atoms with E-state index in [0.29, 0.717) is 12.3 Å². The first-order valence-corrected chi connectivity index (χ1v) is 8.03. The van der Waals surface area contributed by atoms with Crippen LogP contribution in [-0.4, -0.2) is 45.3 Å². The number of ether oxygens (including phenoxy) is 1. The lowest BCUT2D eigenvalue weighted by atomic mass is 10.1. The number of fused-ring (bicyclic) bond motifs is 1. The van der Waals surface area contributed by atoms with Crippen LogP contribution in [0.25, 0.3) is 11.0 Å². The summed E-state index contributed by atoms with van der Waals surface area (Å²) in [6.45, 7) is 0.518. The molecule has 2 aromatic heterocycles. The molecule has 26 heavy (non-hydrogen) atoms. The third kappa shape index (κ3) is 3.43. The van der Waals surface area contributed by atoms with Gasteiger partial charge >= 0.3 is 0 Å². The van der Waals surface area contributed by atoms with Crippen molar-refractivity contribution in [3.05, 3.63) is 59.9 Å². The van der Waals surface area contributed by atoms with Gasteiger partial charge in [0.05, 0.1) is 17.6 Å². The van der Waals surface area contributed by atoms with E-state index in [9.17, 15) is 14.7 Å². The van der Waals surface area contributed by atoms with Gasteiger partial charge in [0, 0.05) is 26.5 Å². The number of ketones is 1. The molecular weight excluding hydrogens is 334 g/mol. The van der Waals surface area contributed by atoms with Gasteiger partial charge in [0.15, 0.2) is 0 Å². The van der Waals surface area contributed by atoms with E-state index < -0.39 is 11.7 Å². The zero-order chi connectivity index (χ0) is 18.7. The molecule has 0 atom stereocenters. The highest BCUT2D eigenvalue weighted by Gasteiger charge is 2.25. The zero-order valence-electron chi connectivity index (χ0n) is 14.5. The Morgan fingerprint density at radius 2 is 1.92 bits per heavy atom. The number of pyridine rings is 1. The molecule has 0 saturated heterocycles. The largest absolute Gasteiger partial charge is 0.507 e. The van der Waals surface area contributed by atoms with Crippen LogP contribution in [0.2, 0.25) is 0 Å². The third-order valence-electron chi connectivity index (χ3n) is 3.92. The van der Waals surface area contributed by atoms with E-state index in [0.717, 1.165) is 5.56 Å². The minimum atomic E-state index is -0.704. The second-order valence-corrected chi connectivity index (χ2v) is 6.03. The number of carbonyl (C=O) groups excluding carboxylic acids is 2. The molecule has 0 fully saturated rings. The third-order valence-corrected chi connectivity index (χ3v) is 3.92. The van der Waals surface area contributed by atoms with Crippen molar-refractivity contribution in [1.82, 2.24) is 14.5 Å². The van der Waals surface area contributed by atoms with Gasteiger partial charge in [0.2, 0.25) is 0 Å². The first-order chi connectivity index (χ1) is 12.5. The van der Waals surface area contributed by atoms with Gasteiger partial charge in [-0.15, -0.1) is 0 Å². The van der Waals surface area contributed by atoms with Crippen molar-refractivity contribution >= 4 is 22.7 Å². The van der Waals surface area contributed by atoms with Crippen LogP contribution in [-0.2, 0) is 22.9 Å². The lowest BCUT2D eigenvalue weighted by Gasteiger charge is -2.08. The van der Waals surface area contributed by atoms with Crippen LogP contribution in [0.15, 0.2) is 48.8 Å². The minimum Gasteiger partial charge on any atom is -0.507 e. The Balaban J connectivity index is 1.90. The summed E-state index contributed by atoms with van der Waals surface area (Å²) in [4.78, 5) is 29.9. The highest BCUT2D eigenvalue weighted by molar-refractivity contribution is 6.45. The van der Waals surface area contributed by atoms with Crippen molar-refractivity contribution in [2.45, 2.75) is 13.3 Å². The molecule has 134 valence electrons. The predicted molar refractivity (Wildman–Crippen MR) is 95.7 cm³/mol. The van der Waals surface area contributed by atoms with E-state index in [1.165, 1.54) is 37.5 Å². The number of nitrogens with zero attached hydrogens (tertiary/aromatic N) is 3. The highest BCUT2D eigenvalue weighted by Crippen LogP contribution is 2.29. The van der Waals surface area contributed by atoms with Crippen LogP contribution in [0, 0.1) is 0 Å². The summed E-state index contributed by atoms with van der Waals surface area (Å²) in [5.41, 5.74) is 1.50. The van der Waals surface area contributed by atoms with Crippen molar-refractivity contribution in [1.29, 1.82) is 0 Å². The van der Waals surface area contributed by atoms with Crippen molar-refractivity contribution in [3.63, 3.8) is 0 Å². The van der Waals surface area contributed by atoms with Crippen LogP contribution in [0.1, 0.15) is 15.9 Å². The quantitative estimate of drug-likeness (QED) is 0.542. The molecule has 0 spiro atoms. The topological polar surface area (TPSA) is 84.7 Å². The van der Waals surface area contributed by atoms with E-state index in [1.807, 2.05) is 30.3 Å². The molecule has 3 rings (SSSR count). The van der Waals surface area contributed by atoms with Crippen molar-refractivity contribution in [2.24, 2.45) is 0 Å². The molecule has 1 amide bonds. The lowest BCUT2D eigenvalue weighted by Crippen LogP contribution is -2.29. The molecule has 7 heteroatoms. The highest BCUT2D eigenvalue weighted by atomic mass is 16.5. The Hall–Kier alpha value is -3.19. The average molecular weight is 353 g/mol. The maximum Gasteiger partial charge on any atom is 0.294 e.